The molecule has 100 valence electrons. The largest absolute Gasteiger partial charge is 0.496 e. The molecule has 0 aliphatic carbocycles. The average molecular weight is 258 g/mol. The van der Waals surface area contributed by atoms with Crippen molar-refractivity contribution < 1.29 is 9.15 Å². The summed E-state index contributed by atoms with van der Waals surface area (Å²) in [6.45, 7) is 1.79. The summed E-state index contributed by atoms with van der Waals surface area (Å²) in [5.41, 5.74) is 2.31. The highest BCUT2D eigenvalue weighted by atomic mass is 16.5. The normalized spacial score (nSPS) is 14.2. The predicted molar refractivity (Wildman–Crippen MR) is 72.3 cm³/mol. The molecule has 19 heavy (non-hydrogen) atoms. The summed E-state index contributed by atoms with van der Waals surface area (Å²) in [5, 5.41) is 3.29. The maximum absolute atomic E-state index is 5.79. The number of hydrogen-bond donors (Lipinski definition) is 1. The number of benzene rings is 1. The first kappa shape index (κ1) is 12.2. The molecular formula is C15H18N2O2. The molecule has 0 fully saturated rings. The van der Waals surface area contributed by atoms with E-state index in [-0.39, 0.29) is 0 Å². The van der Waals surface area contributed by atoms with Gasteiger partial charge in [0.25, 0.3) is 0 Å². The highest BCUT2D eigenvalue weighted by Crippen LogP contribution is 2.21. The SMILES string of the molecule is COc1ccccc1CCc1nc2c(o1)CNCC2. The van der Waals surface area contributed by atoms with Gasteiger partial charge in [0, 0.05) is 19.4 Å². The highest BCUT2D eigenvalue weighted by molar-refractivity contribution is 5.33. The van der Waals surface area contributed by atoms with Gasteiger partial charge in [0.15, 0.2) is 5.89 Å². The molecule has 4 nitrogen and oxygen atoms in total. The molecule has 2 heterocycles. The molecule has 1 aliphatic heterocycles. The molecule has 3 rings (SSSR count). The van der Waals surface area contributed by atoms with E-state index in [2.05, 4.69) is 16.4 Å². The second-order valence-corrected chi connectivity index (χ2v) is 4.72. The number of fused-ring (bicyclic) bond motifs is 1. The van der Waals surface area contributed by atoms with Crippen LogP contribution in [0.4, 0.5) is 0 Å². The molecule has 4 heteroatoms. The van der Waals surface area contributed by atoms with E-state index in [0.717, 1.165) is 55.4 Å². The number of methoxy groups -OCH3 is 1. The van der Waals surface area contributed by atoms with Gasteiger partial charge in [-0.05, 0) is 18.1 Å². The van der Waals surface area contributed by atoms with Crippen LogP contribution >= 0.6 is 0 Å². The minimum Gasteiger partial charge on any atom is -0.496 e. The number of para-hydroxylation sites is 1. The molecule has 0 bridgehead atoms. The summed E-state index contributed by atoms with van der Waals surface area (Å²) in [6, 6.07) is 8.09. The van der Waals surface area contributed by atoms with Gasteiger partial charge in [-0.15, -0.1) is 0 Å². The van der Waals surface area contributed by atoms with Crippen molar-refractivity contribution in [2.24, 2.45) is 0 Å². The number of aryl methyl sites for hydroxylation is 2. The molecule has 2 aromatic rings. The quantitative estimate of drug-likeness (QED) is 0.912. The first-order chi connectivity index (χ1) is 9.36. The summed E-state index contributed by atoms with van der Waals surface area (Å²) in [6.07, 6.45) is 2.66. The van der Waals surface area contributed by atoms with Crippen molar-refractivity contribution >= 4 is 0 Å². The Hall–Kier alpha value is -1.81. The smallest absolute Gasteiger partial charge is 0.195 e. The number of rotatable bonds is 4. The van der Waals surface area contributed by atoms with Crippen LogP contribution in [0, 0.1) is 0 Å². The molecule has 0 saturated carbocycles. The van der Waals surface area contributed by atoms with E-state index in [0.29, 0.717) is 0 Å². The lowest BCUT2D eigenvalue weighted by molar-refractivity contribution is 0.406. The number of oxazole rings is 1. The van der Waals surface area contributed by atoms with Gasteiger partial charge in [-0.1, -0.05) is 18.2 Å². The summed E-state index contributed by atoms with van der Waals surface area (Å²) in [5.74, 6) is 2.77. The Morgan fingerprint density at radius 1 is 1.32 bits per heavy atom. The fraction of sp³-hybridized carbons (Fsp3) is 0.400. The zero-order valence-electron chi connectivity index (χ0n) is 11.1. The molecule has 0 unspecified atom stereocenters. The van der Waals surface area contributed by atoms with Gasteiger partial charge in [-0.2, -0.15) is 0 Å². The molecule has 0 amide bonds. The highest BCUT2D eigenvalue weighted by Gasteiger charge is 2.16. The number of hydrogen-bond acceptors (Lipinski definition) is 4. The lowest BCUT2D eigenvalue weighted by atomic mass is 10.1. The van der Waals surface area contributed by atoms with Crippen molar-refractivity contribution in [1.82, 2.24) is 10.3 Å². The Labute approximate surface area is 112 Å². The molecule has 0 spiro atoms. The van der Waals surface area contributed by atoms with Crippen LogP contribution < -0.4 is 10.1 Å². The summed E-state index contributed by atoms with van der Waals surface area (Å²) in [4.78, 5) is 4.57. The van der Waals surface area contributed by atoms with Crippen molar-refractivity contribution in [2.45, 2.75) is 25.8 Å². The zero-order chi connectivity index (χ0) is 13.1. The summed E-state index contributed by atoms with van der Waals surface area (Å²) in [7, 11) is 1.70. The molecule has 1 aliphatic rings. The summed E-state index contributed by atoms with van der Waals surface area (Å²) >= 11 is 0. The maximum atomic E-state index is 5.79. The van der Waals surface area contributed by atoms with Gasteiger partial charge in [-0.25, -0.2) is 4.98 Å². The molecule has 0 radical (unpaired) electrons. The van der Waals surface area contributed by atoms with Crippen molar-refractivity contribution in [3.8, 4) is 5.75 Å². The third-order valence-electron chi connectivity index (χ3n) is 3.45. The van der Waals surface area contributed by atoms with Crippen LogP contribution in [0.2, 0.25) is 0 Å². The van der Waals surface area contributed by atoms with Crippen LogP contribution in [0.5, 0.6) is 5.75 Å². The lowest BCUT2D eigenvalue weighted by Gasteiger charge is -2.08. The van der Waals surface area contributed by atoms with Crippen LogP contribution in [0.25, 0.3) is 0 Å². The van der Waals surface area contributed by atoms with Crippen LogP contribution in [0.15, 0.2) is 28.7 Å². The lowest BCUT2D eigenvalue weighted by Crippen LogP contribution is -2.22. The molecular weight excluding hydrogens is 240 g/mol. The van der Waals surface area contributed by atoms with Gasteiger partial charge in [0.05, 0.1) is 19.3 Å². The second kappa shape index (κ2) is 5.45. The molecule has 0 saturated heterocycles. The average Bonchev–Trinajstić information content (AvgIpc) is 2.88. The molecule has 1 aromatic carbocycles. The van der Waals surface area contributed by atoms with Gasteiger partial charge in [0.2, 0.25) is 0 Å². The van der Waals surface area contributed by atoms with E-state index in [9.17, 15) is 0 Å². The van der Waals surface area contributed by atoms with Gasteiger partial charge in [-0.3, -0.25) is 0 Å². The summed E-state index contributed by atoms with van der Waals surface area (Å²) < 4.78 is 11.1. The van der Waals surface area contributed by atoms with E-state index in [4.69, 9.17) is 9.15 Å². The van der Waals surface area contributed by atoms with E-state index in [1.54, 1.807) is 7.11 Å². The number of aromatic nitrogens is 1. The third kappa shape index (κ3) is 2.63. The standard InChI is InChI=1S/C15H18N2O2/c1-18-13-5-3-2-4-11(13)6-7-15-17-12-8-9-16-10-14(12)19-15/h2-5,16H,6-10H2,1H3. The minimum absolute atomic E-state index is 0.803. The Balaban J connectivity index is 1.70. The van der Waals surface area contributed by atoms with Gasteiger partial charge in [0.1, 0.15) is 11.5 Å². The van der Waals surface area contributed by atoms with Crippen LogP contribution in [-0.2, 0) is 25.8 Å². The number of nitrogens with zero attached hydrogens (tertiary/aromatic N) is 1. The fourth-order valence-electron chi connectivity index (χ4n) is 2.44. The Morgan fingerprint density at radius 2 is 2.21 bits per heavy atom. The Bertz CT molecular complexity index is 540. The predicted octanol–water partition coefficient (Wildman–Crippen LogP) is 2.11. The molecule has 1 aromatic heterocycles. The van der Waals surface area contributed by atoms with Crippen molar-refractivity contribution in [2.75, 3.05) is 13.7 Å². The Kier molecular flexibility index (Phi) is 3.51. The minimum atomic E-state index is 0.803. The first-order valence-corrected chi connectivity index (χ1v) is 6.67. The second-order valence-electron chi connectivity index (χ2n) is 4.72. The topological polar surface area (TPSA) is 47.3 Å². The number of ether oxygens (including phenoxy) is 1. The van der Waals surface area contributed by atoms with Crippen molar-refractivity contribution in [3.05, 3.63) is 47.2 Å². The van der Waals surface area contributed by atoms with E-state index < -0.39 is 0 Å². The van der Waals surface area contributed by atoms with E-state index in [1.807, 2.05) is 18.2 Å². The molecule has 0 atom stereocenters. The van der Waals surface area contributed by atoms with Gasteiger partial charge >= 0.3 is 0 Å². The van der Waals surface area contributed by atoms with Crippen LogP contribution in [0.1, 0.15) is 22.9 Å². The van der Waals surface area contributed by atoms with Gasteiger partial charge < -0.3 is 14.5 Å². The van der Waals surface area contributed by atoms with E-state index >= 15 is 0 Å². The monoisotopic (exact) mass is 258 g/mol. The number of nitrogens with one attached hydrogen (secondary N) is 1. The Morgan fingerprint density at radius 3 is 3.05 bits per heavy atom. The zero-order valence-corrected chi connectivity index (χ0v) is 11.1. The van der Waals surface area contributed by atoms with Crippen molar-refractivity contribution in [3.63, 3.8) is 0 Å². The first-order valence-electron chi connectivity index (χ1n) is 6.67. The van der Waals surface area contributed by atoms with Crippen LogP contribution in [-0.4, -0.2) is 18.6 Å². The fourth-order valence-corrected chi connectivity index (χ4v) is 2.44. The van der Waals surface area contributed by atoms with Crippen LogP contribution in [0.3, 0.4) is 0 Å². The third-order valence-corrected chi connectivity index (χ3v) is 3.45. The van der Waals surface area contributed by atoms with Crippen molar-refractivity contribution in [1.29, 1.82) is 0 Å². The maximum Gasteiger partial charge on any atom is 0.195 e. The molecule has 1 N–H and O–H groups in total. The van der Waals surface area contributed by atoms with E-state index in [1.165, 1.54) is 5.56 Å².